The Morgan fingerprint density at radius 2 is 0.926 bits per heavy atom. The van der Waals surface area contributed by atoms with Crippen molar-refractivity contribution < 1.29 is 19.8 Å². The number of carbonyl (C=O) groups is 2. The molecule has 0 aliphatic carbocycles. The van der Waals surface area contributed by atoms with Gasteiger partial charge in [0, 0.05) is 0 Å². The van der Waals surface area contributed by atoms with E-state index < -0.39 is 11.9 Å². The van der Waals surface area contributed by atoms with Gasteiger partial charge in [-0.3, -0.25) is 0 Å². The van der Waals surface area contributed by atoms with Crippen LogP contribution < -0.4 is 10.2 Å². The quantitative estimate of drug-likeness (QED) is 0.257. The first-order valence-corrected chi connectivity index (χ1v) is 10.2. The maximum Gasteiger partial charge on any atom is 2.00 e. The second-order valence-corrected chi connectivity index (χ2v) is 6.53. The Bertz CT molecular complexity index is 388. The minimum Gasteiger partial charge on any atom is -0.545 e. The molecule has 0 saturated carbocycles. The van der Waals surface area contributed by atoms with Crippen molar-refractivity contribution in [3.05, 3.63) is 23.3 Å². The monoisotopic (exact) mass is 390 g/mol. The number of carboxylic acid groups (broad SMARTS) is 2. The van der Waals surface area contributed by atoms with E-state index in [1.54, 1.807) is 0 Å². The van der Waals surface area contributed by atoms with Crippen molar-refractivity contribution in [2.24, 2.45) is 0 Å². The summed E-state index contributed by atoms with van der Waals surface area (Å²) in [4.78, 5) is 21.2. The molecule has 0 radical (unpaired) electrons. The van der Waals surface area contributed by atoms with E-state index in [0.717, 1.165) is 64.2 Å². The Hall–Kier alpha value is -0.814. The molecule has 152 valence electrons. The van der Waals surface area contributed by atoms with Crippen LogP contribution in [0, 0.1) is 0 Å². The van der Waals surface area contributed by atoms with Gasteiger partial charge in [-0.25, -0.2) is 0 Å². The Balaban J connectivity index is -0.000000411. The van der Waals surface area contributed by atoms with Crippen LogP contribution in [0.1, 0.15) is 105 Å². The van der Waals surface area contributed by atoms with E-state index in [1.165, 1.54) is 0 Å². The van der Waals surface area contributed by atoms with E-state index in [-0.39, 0.29) is 23.1 Å². The standard InChI is InChI=1S/2C11H20O2.Mg/c2*1-3-5-7-9-10(11(12)13)8-6-4-2;/h2*9H,3-8H2,1-2H3,(H,12,13);/q;;+2/p-2/b2*10-9-;. The van der Waals surface area contributed by atoms with Crippen molar-refractivity contribution in [1.82, 2.24) is 0 Å². The zero-order chi connectivity index (χ0) is 20.2. The third kappa shape index (κ3) is 21.3. The second kappa shape index (κ2) is 23.2. The summed E-state index contributed by atoms with van der Waals surface area (Å²) in [7, 11) is 0. The molecule has 0 rings (SSSR count). The van der Waals surface area contributed by atoms with Gasteiger partial charge in [0.15, 0.2) is 0 Å². The van der Waals surface area contributed by atoms with Gasteiger partial charge >= 0.3 is 23.1 Å². The fourth-order valence-electron chi connectivity index (χ4n) is 2.27. The molecule has 0 spiro atoms. The zero-order valence-corrected chi connectivity index (χ0v) is 19.4. The predicted octanol–water partition coefficient (Wildman–Crippen LogP) is 3.71. The van der Waals surface area contributed by atoms with Gasteiger partial charge in [0.1, 0.15) is 0 Å². The van der Waals surface area contributed by atoms with E-state index >= 15 is 0 Å². The number of carbonyl (C=O) groups excluding carboxylic acids is 2. The first-order chi connectivity index (χ1) is 12.4. The minimum atomic E-state index is -0.996. The zero-order valence-electron chi connectivity index (χ0n) is 18.0. The number of hydrogen-bond donors (Lipinski definition) is 0. The molecule has 0 fully saturated rings. The first-order valence-electron chi connectivity index (χ1n) is 10.2. The molecular weight excluding hydrogens is 353 g/mol. The summed E-state index contributed by atoms with van der Waals surface area (Å²) in [5, 5.41) is 21.2. The van der Waals surface area contributed by atoms with Crippen molar-refractivity contribution in [2.75, 3.05) is 0 Å². The van der Waals surface area contributed by atoms with E-state index in [0.29, 0.717) is 24.0 Å². The van der Waals surface area contributed by atoms with Gasteiger partial charge in [-0.15, -0.1) is 0 Å². The summed E-state index contributed by atoms with van der Waals surface area (Å²) in [6, 6.07) is 0. The molecule has 0 aromatic rings. The Labute approximate surface area is 182 Å². The SMILES string of the molecule is CCCC/C=C(/CCCC)C(=O)[O-].CCCC/C=C(/CCCC)C(=O)[O-].[Mg+2]. The molecule has 0 aromatic heterocycles. The fraction of sp³-hybridized carbons (Fsp3) is 0.727. The normalized spacial score (nSPS) is 11.3. The van der Waals surface area contributed by atoms with Crippen LogP contribution in [0.25, 0.3) is 0 Å². The Kier molecular flexibility index (Phi) is 26.6. The molecule has 0 saturated heterocycles. The molecule has 4 nitrogen and oxygen atoms in total. The molecule has 0 aliphatic rings. The van der Waals surface area contributed by atoms with Crippen molar-refractivity contribution in [2.45, 2.75) is 105 Å². The van der Waals surface area contributed by atoms with Crippen LogP contribution in [0.5, 0.6) is 0 Å². The van der Waals surface area contributed by atoms with Crippen LogP contribution >= 0.6 is 0 Å². The third-order valence-corrected chi connectivity index (χ3v) is 4.02. The van der Waals surface area contributed by atoms with Gasteiger partial charge < -0.3 is 19.8 Å². The smallest absolute Gasteiger partial charge is 0.545 e. The summed E-state index contributed by atoms with van der Waals surface area (Å²) in [5.41, 5.74) is 0.964. The topological polar surface area (TPSA) is 80.3 Å². The third-order valence-electron chi connectivity index (χ3n) is 4.02. The average Bonchev–Trinajstić information content (AvgIpc) is 2.61. The second-order valence-electron chi connectivity index (χ2n) is 6.53. The summed E-state index contributed by atoms with van der Waals surface area (Å²) >= 11 is 0. The molecule has 27 heavy (non-hydrogen) atoms. The van der Waals surface area contributed by atoms with Crippen molar-refractivity contribution in [3.8, 4) is 0 Å². The molecule has 0 unspecified atom stereocenters. The van der Waals surface area contributed by atoms with Crippen LogP contribution in [-0.2, 0) is 9.59 Å². The number of allylic oxidation sites excluding steroid dienone is 2. The van der Waals surface area contributed by atoms with E-state index in [1.807, 2.05) is 12.2 Å². The average molecular weight is 391 g/mol. The molecule has 0 aliphatic heterocycles. The maximum absolute atomic E-state index is 10.6. The van der Waals surface area contributed by atoms with Crippen LogP contribution in [0.15, 0.2) is 23.3 Å². The van der Waals surface area contributed by atoms with Crippen LogP contribution in [0.4, 0.5) is 0 Å². The van der Waals surface area contributed by atoms with Crippen LogP contribution in [0.2, 0.25) is 0 Å². The first kappa shape index (κ1) is 30.9. The van der Waals surface area contributed by atoms with Gasteiger partial charge in [-0.2, -0.15) is 0 Å². The Morgan fingerprint density at radius 3 is 1.15 bits per heavy atom. The minimum absolute atomic E-state index is 0. The molecule has 0 N–H and O–H groups in total. The van der Waals surface area contributed by atoms with Gasteiger partial charge in [-0.1, -0.05) is 78.4 Å². The number of carboxylic acids is 2. The van der Waals surface area contributed by atoms with Crippen LogP contribution in [-0.4, -0.2) is 35.0 Å². The number of aliphatic carboxylic acids is 2. The molecule has 0 bridgehead atoms. The molecule has 0 aromatic carbocycles. The largest absolute Gasteiger partial charge is 2.00 e. The summed E-state index contributed by atoms with van der Waals surface area (Å²) in [6.45, 7) is 8.30. The van der Waals surface area contributed by atoms with Gasteiger partial charge in [0.05, 0.1) is 11.9 Å². The molecule has 0 heterocycles. The summed E-state index contributed by atoms with van der Waals surface area (Å²) < 4.78 is 0. The molecular formula is C22H38MgO4. The summed E-state index contributed by atoms with van der Waals surface area (Å²) in [6.07, 6.45) is 14.9. The van der Waals surface area contributed by atoms with E-state index in [2.05, 4.69) is 27.7 Å². The summed E-state index contributed by atoms with van der Waals surface area (Å²) in [5.74, 6) is -1.99. The van der Waals surface area contributed by atoms with Gasteiger partial charge in [0.25, 0.3) is 0 Å². The van der Waals surface area contributed by atoms with Crippen molar-refractivity contribution >= 4 is 35.0 Å². The fourth-order valence-corrected chi connectivity index (χ4v) is 2.27. The Morgan fingerprint density at radius 1 is 0.630 bits per heavy atom. The number of unbranched alkanes of at least 4 members (excludes halogenated alkanes) is 6. The molecule has 5 heteroatoms. The van der Waals surface area contributed by atoms with E-state index in [4.69, 9.17) is 0 Å². The maximum atomic E-state index is 10.6. The van der Waals surface area contributed by atoms with Crippen LogP contribution in [0.3, 0.4) is 0 Å². The molecule has 0 atom stereocenters. The van der Waals surface area contributed by atoms with Crippen molar-refractivity contribution in [3.63, 3.8) is 0 Å². The number of hydrogen-bond acceptors (Lipinski definition) is 4. The van der Waals surface area contributed by atoms with Gasteiger partial charge in [0.2, 0.25) is 0 Å². The van der Waals surface area contributed by atoms with Gasteiger partial charge in [-0.05, 0) is 49.7 Å². The predicted molar refractivity (Wildman–Crippen MR) is 110 cm³/mol. The van der Waals surface area contributed by atoms with E-state index in [9.17, 15) is 19.8 Å². The van der Waals surface area contributed by atoms with Crippen molar-refractivity contribution in [1.29, 1.82) is 0 Å². The molecule has 0 amide bonds. The number of rotatable bonds is 14.